The molecule has 1 rings (SSSR count). The van der Waals surface area contributed by atoms with E-state index in [2.05, 4.69) is 6.92 Å². The topological polar surface area (TPSA) is 57.5 Å². The lowest BCUT2D eigenvalue weighted by atomic mass is 9.95. The predicted octanol–water partition coefficient (Wildman–Crippen LogP) is 1.51. The lowest BCUT2D eigenvalue weighted by Crippen LogP contribution is -2.31. The van der Waals surface area contributed by atoms with Crippen LogP contribution in [0.3, 0.4) is 0 Å². The first kappa shape index (κ1) is 11.9. The molecule has 1 aromatic rings. The molecule has 0 bridgehead atoms. The standard InChI is InChI=1S/C12H15O3/c1-8(13)9-4-6-10(7-5-9)11(14)12(2,3)15/h4-8,13,15H,1H2,2-3H3. The van der Waals surface area contributed by atoms with Gasteiger partial charge in [-0.05, 0) is 26.3 Å². The molecule has 0 saturated heterocycles. The Morgan fingerprint density at radius 3 is 2.13 bits per heavy atom. The summed E-state index contributed by atoms with van der Waals surface area (Å²) >= 11 is 0. The Hall–Kier alpha value is -1.19. The average Bonchev–Trinajstić information content (AvgIpc) is 2.15. The summed E-state index contributed by atoms with van der Waals surface area (Å²) in [4.78, 5) is 11.6. The predicted molar refractivity (Wildman–Crippen MR) is 57.4 cm³/mol. The van der Waals surface area contributed by atoms with Crippen LogP contribution < -0.4 is 0 Å². The second kappa shape index (κ2) is 4.13. The van der Waals surface area contributed by atoms with Crippen LogP contribution in [-0.2, 0) is 0 Å². The molecule has 0 fully saturated rings. The Morgan fingerprint density at radius 1 is 1.33 bits per heavy atom. The van der Waals surface area contributed by atoms with Crippen LogP contribution >= 0.6 is 0 Å². The molecular formula is C12H15O3. The summed E-state index contributed by atoms with van der Waals surface area (Å²) in [7, 11) is 0. The number of hydrogen-bond donors (Lipinski definition) is 2. The van der Waals surface area contributed by atoms with Crippen molar-refractivity contribution in [1.29, 1.82) is 0 Å². The first-order valence-electron chi connectivity index (χ1n) is 4.70. The Morgan fingerprint density at radius 2 is 1.80 bits per heavy atom. The van der Waals surface area contributed by atoms with Gasteiger partial charge in [-0.3, -0.25) is 4.79 Å². The number of carbonyl (C=O) groups excluding carboxylic acids is 1. The second-order valence-electron chi connectivity index (χ2n) is 4.03. The fourth-order valence-corrected chi connectivity index (χ4v) is 1.21. The molecule has 1 atom stereocenters. The van der Waals surface area contributed by atoms with E-state index >= 15 is 0 Å². The zero-order valence-electron chi connectivity index (χ0n) is 8.90. The van der Waals surface area contributed by atoms with Crippen molar-refractivity contribution in [3.63, 3.8) is 0 Å². The number of carbonyl (C=O) groups is 1. The van der Waals surface area contributed by atoms with E-state index < -0.39 is 11.7 Å². The van der Waals surface area contributed by atoms with Gasteiger partial charge >= 0.3 is 0 Å². The summed E-state index contributed by atoms with van der Waals surface area (Å²) in [5.41, 5.74) is -0.306. The van der Waals surface area contributed by atoms with Crippen LogP contribution in [0, 0.1) is 6.92 Å². The van der Waals surface area contributed by atoms with Crippen molar-refractivity contribution < 1.29 is 15.0 Å². The van der Waals surface area contributed by atoms with Crippen LogP contribution in [-0.4, -0.2) is 21.6 Å². The van der Waals surface area contributed by atoms with Gasteiger partial charge in [0.05, 0.1) is 6.10 Å². The molecule has 0 aliphatic heterocycles. The summed E-state index contributed by atoms with van der Waals surface area (Å²) in [6.07, 6.45) is -0.795. The van der Waals surface area contributed by atoms with Crippen LogP contribution in [0.15, 0.2) is 24.3 Å². The van der Waals surface area contributed by atoms with Crippen LogP contribution in [0.1, 0.15) is 35.9 Å². The smallest absolute Gasteiger partial charge is 0.193 e. The van der Waals surface area contributed by atoms with Gasteiger partial charge in [-0.15, -0.1) is 0 Å². The third-order valence-electron chi connectivity index (χ3n) is 2.11. The number of rotatable bonds is 3. The number of Topliss-reactive ketones (excluding diaryl/α,β-unsaturated/α-hetero) is 1. The molecule has 0 aliphatic rings. The summed E-state index contributed by atoms with van der Waals surface area (Å²) in [5, 5.41) is 18.7. The molecule has 0 aromatic heterocycles. The quantitative estimate of drug-likeness (QED) is 0.738. The van der Waals surface area contributed by atoms with E-state index in [0.29, 0.717) is 11.1 Å². The molecule has 15 heavy (non-hydrogen) atoms. The molecule has 1 radical (unpaired) electrons. The highest BCUT2D eigenvalue weighted by atomic mass is 16.3. The largest absolute Gasteiger partial charge is 0.388 e. The molecule has 3 nitrogen and oxygen atoms in total. The van der Waals surface area contributed by atoms with Gasteiger partial charge in [0.1, 0.15) is 5.60 Å². The van der Waals surface area contributed by atoms with Gasteiger partial charge in [-0.2, -0.15) is 0 Å². The van der Waals surface area contributed by atoms with Crippen LogP contribution in [0.4, 0.5) is 0 Å². The van der Waals surface area contributed by atoms with E-state index in [1.54, 1.807) is 24.3 Å². The minimum Gasteiger partial charge on any atom is -0.388 e. The SMILES string of the molecule is [CH2]C(O)c1ccc(C(=O)C(C)(C)O)cc1. The third kappa shape index (κ3) is 2.88. The van der Waals surface area contributed by atoms with Crippen LogP contribution in [0.2, 0.25) is 0 Å². The van der Waals surface area contributed by atoms with E-state index in [4.69, 9.17) is 5.11 Å². The highest BCUT2D eigenvalue weighted by Gasteiger charge is 2.24. The number of aliphatic hydroxyl groups is 2. The van der Waals surface area contributed by atoms with Crippen molar-refractivity contribution in [2.24, 2.45) is 0 Å². The van der Waals surface area contributed by atoms with Gasteiger partial charge in [0.15, 0.2) is 5.78 Å². The third-order valence-corrected chi connectivity index (χ3v) is 2.11. The zero-order chi connectivity index (χ0) is 11.6. The monoisotopic (exact) mass is 207 g/mol. The molecular weight excluding hydrogens is 192 g/mol. The number of aliphatic hydroxyl groups excluding tert-OH is 1. The first-order valence-corrected chi connectivity index (χ1v) is 4.70. The minimum atomic E-state index is -1.37. The van der Waals surface area contributed by atoms with Crippen molar-refractivity contribution in [3.05, 3.63) is 42.3 Å². The molecule has 0 amide bonds. The lowest BCUT2D eigenvalue weighted by molar-refractivity contribution is 0.0488. The van der Waals surface area contributed by atoms with E-state index in [1.165, 1.54) is 13.8 Å². The molecule has 0 heterocycles. The van der Waals surface area contributed by atoms with Crippen molar-refractivity contribution in [2.45, 2.75) is 25.6 Å². The Balaban J connectivity index is 2.95. The summed E-state index contributed by atoms with van der Waals surface area (Å²) < 4.78 is 0. The van der Waals surface area contributed by atoms with Crippen LogP contribution in [0.25, 0.3) is 0 Å². The maximum atomic E-state index is 11.6. The van der Waals surface area contributed by atoms with Crippen molar-refractivity contribution in [3.8, 4) is 0 Å². The lowest BCUT2D eigenvalue weighted by Gasteiger charge is -2.15. The second-order valence-corrected chi connectivity index (χ2v) is 4.03. The van der Waals surface area contributed by atoms with Crippen molar-refractivity contribution in [1.82, 2.24) is 0 Å². The highest BCUT2D eigenvalue weighted by molar-refractivity contribution is 6.01. The molecule has 1 aromatic carbocycles. The van der Waals surface area contributed by atoms with Gasteiger partial charge in [0.2, 0.25) is 0 Å². The molecule has 3 heteroatoms. The number of ketones is 1. The Labute approximate surface area is 89.4 Å². The van der Waals surface area contributed by atoms with Crippen molar-refractivity contribution >= 4 is 5.78 Å². The fraction of sp³-hybridized carbons (Fsp3) is 0.333. The van der Waals surface area contributed by atoms with Crippen molar-refractivity contribution in [2.75, 3.05) is 0 Å². The van der Waals surface area contributed by atoms with Gasteiger partial charge in [0.25, 0.3) is 0 Å². The normalized spacial score (nSPS) is 13.7. The summed E-state index contributed by atoms with van der Waals surface area (Å²) in [5.74, 6) is -0.340. The van der Waals surface area contributed by atoms with Gasteiger partial charge in [-0.25, -0.2) is 0 Å². The van der Waals surface area contributed by atoms with E-state index in [-0.39, 0.29) is 5.78 Å². The maximum Gasteiger partial charge on any atom is 0.193 e. The van der Waals surface area contributed by atoms with Gasteiger partial charge in [0, 0.05) is 5.56 Å². The molecule has 0 spiro atoms. The van der Waals surface area contributed by atoms with E-state index in [0.717, 1.165) is 0 Å². The molecule has 1 unspecified atom stereocenters. The number of hydrogen-bond acceptors (Lipinski definition) is 3. The molecule has 0 aliphatic carbocycles. The highest BCUT2D eigenvalue weighted by Crippen LogP contribution is 2.16. The summed E-state index contributed by atoms with van der Waals surface area (Å²) in [6.45, 7) is 6.34. The van der Waals surface area contributed by atoms with E-state index in [1.807, 2.05) is 0 Å². The van der Waals surface area contributed by atoms with Crippen LogP contribution in [0.5, 0.6) is 0 Å². The first-order chi connectivity index (χ1) is 6.82. The average molecular weight is 207 g/mol. The Bertz CT molecular complexity index is 344. The molecule has 2 N–H and O–H groups in total. The Kier molecular flexibility index (Phi) is 3.27. The maximum absolute atomic E-state index is 11.6. The minimum absolute atomic E-state index is 0.340. The number of benzene rings is 1. The van der Waals surface area contributed by atoms with E-state index in [9.17, 15) is 9.90 Å². The van der Waals surface area contributed by atoms with Gasteiger partial charge < -0.3 is 10.2 Å². The zero-order valence-corrected chi connectivity index (χ0v) is 8.90. The summed E-state index contributed by atoms with van der Waals surface area (Å²) in [6, 6.07) is 6.39. The molecule has 0 saturated carbocycles. The molecule has 81 valence electrons. The van der Waals surface area contributed by atoms with Gasteiger partial charge in [-0.1, -0.05) is 24.3 Å². The fourth-order valence-electron chi connectivity index (χ4n) is 1.21.